The molecule has 1 aromatic heterocycles. The maximum atomic E-state index is 11.1. The number of aromatic amines is 1. The minimum Gasteiger partial charge on any atom is -0.497 e. The van der Waals surface area contributed by atoms with Gasteiger partial charge in [-0.25, -0.2) is 4.99 Å². The minimum absolute atomic E-state index is 0.267. The first kappa shape index (κ1) is 19.9. The number of fused-ring (bicyclic) bond motifs is 1. The van der Waals surface area contributed by atoms with Gasteiger partial charge in [-0.15, -0.1) is 0 Å². The number of benzene rings is 2. The Kier molecular flexibility index (Phi) is 5.49. The van der Waals surface area contributed by atoms with Crippen molar-refractivity contribution in [2.75, 3.05) is 12.4 Å². The normalized spacial score (nSPS) is 15.2. The highest BCUT2D eigenvalue weighted by molar-refractivity contribution is 5.79. The molecule has 0 amide bonds. The van der Waals surface area contributed by atoms with E-state index in [0.717, 1.165) is 28.8 Å². The zero-order valence-corrected chi connectivity index (χ0v) is 16.9. The Labute approximate surface area is 178 Å². The Morgan fingerprint density at radius 1 is 1.19 bits per heavy atom. The average molecular weight is 413 g/mol. The fraction of sp³-hybridized carbons (Fsp3) is 0.130. The van der Waals surface area contributed by atoms with Crippen LogP contribution in [0, 0.1) is 11.3 Å². The first-order chi connectivity index (χ1) is 15.1. The van der Waals surface area contributed by atoms with Crippen molar-refractivity contribution in [1.82, 2.24) is 10.2 Å². The zero-order valence-electron chi connectivity index (χ0n) is 16.9. The molecule has 8 heteroatoms. The maximum Gasteiger partial charge on any atom is 0.308 e. The summed E-state index contributed by atoms with van der Waals surface area (Å²) in [5, 5.41) is 20.6. The molecule has 1 aliphatic heterocycles. The van der Waals surface area contributed by atoms with Gasteiger partial charge in [0.25, 0.3) is 0 Å². The summed E-state index contributed by atoms with van der Waals surface area (Å²) in [6.07, 6.45) is 1.02. The first-order valence-corrected chi connectivity index (χ1v) is 9.51. The van der Waals surface area contributed by atoms with E-state index in [2.05, 4.69) is 26.6 Å². The predicted octanol–water partition coefficient (Wildman–Crippen LogP) is 3.97. The lowest BCUT2D eigenvalue weighted by Gasteiger charge is -2.25. The molecular weight excluding hydrogens is 394 g/mol. The quantitative estimate of drug-likeness (QED) is 0.372. The fourth-order valence-corrected chi connectivity index (χ4v) is 3.51. The number of nitriles is 1. The molecule has 8 nitrogen and oxygen atoms in total. The monoisotopic (exact) mass is 413 g/mol. The van der Waals surface area contributed by atoms with Crippen molar-refractivity contribution in [3.8, 4) is 23.1 Å². The Morgan fingerprint density at radius 3 is 2.58 bits per heavy atom. The lowest BCUT2D eigenvalue weighted by molar-refractivity contribution is -0.132. The lowest BCUT2D eigenvalue weighted by Crippen LogP contribution is -2.18. The second-order valence-electron chi connectivity index (χ2n) is 6.78. The van der Waals surface area contributed by atoms with E-state index in [9.17, 15) is 10.1 Å². The molecule has 2 N–H and O–H groups in total. The topological polar surface area (TPSA) is 112 Å². The summed E-state index contributed by atoms with van der Waals surface area (Å²) in [5.74, 6) is 0.587. The largest absolute Gasteiger partial charge is 0.497 e. The number of methoxy groups -OCH3 is 1. The summed E-state index contributed by atoms with van der Waals surface area (Å²) in [6, 6.07) is 19.5. The van der Waals surface area contributed by atoms with Gasteiger partial charge in [0.2, 0.25) is 0 Å². The molecule has 0 saturated carbocycles. The van der Waals surface area contributed by atoms with Crippen LogP contribution < -0.4 is 10.1 Å². The third kappa shape index (κ3) is 3.89. The highest BCUT2D eigenvalue weighted by Crippen LogP contribution is 2.45. The van der Waals surface area contributed by atoms with Gasteiger partial charge < -0.3 is 14.8 Å². The number of aromatic nitrogens is 2. The highest BCUT2D eigenvalue weighted by atomic mass is 16.5. The number of aliphatic imine (C=N–C) groups is 1. The van der Waals surface area contributed by atoms with Crippen molar-refractivity contribution in [3.63, 3.8) is 0 Å². The van der Waals surface area contributed by atoms with Gasteiger partial charge in [0.1, 0.15) is 11.6 Å². The van der Waals surface area contributed by atoms with E-state index in [1.54, 1.807) is 7.11 Å². The number of hydrogen-bond acceptors (Lipinski definition) is 7. The molecule has 0 aliphatic carbocycles. The number of allylic oxidation sites excluding steroid dienone is 1. The number of nitrogens with one attached hydrogen (secondary N) is 2. The minimum atomic E-state index is -0.503. The number of ether oxygens (including phenoxy) is 2. The van der Waals surface area contributed by atoms with Gasteiger partial charge in [0, 0.05) is 12.5 Å². The second kappa shape index (κ2) is 8.55. The number of nitrogens with zero attached hydrogens (tertiary/aromatic N) is 3. The zero-order chi connectivity index (χ0) is 21.8. The number of anilines is 1. The van der Waals surface area contributed by atoms with E-state index in [0.29, 0.717) is 17.1 Å². The van der Waals surface area contributed by atoms with E-state index in [-0.39, 0.29) is 5.82 Å². The lowest BCUT2D eigenvalue weighted by atomic mass is 9.82. The Hall–Kier alpha value is -4.38. The number of carbonyl (C=O) groups is 1. The van der Waals surface area contributed by atoms with E-state index >= 15 is 0 Å². The Bertz CT molecular complexity index is 1200. The molecule has 4 rings (SSSR count). The molecule has 2 heterocycles. The van der Waals surface area contributed by atoms with Crippen molar-refractivity contribution >= 4 is 18.2 Å². The number of rotatable bonds is 5. The molecule has 0 fully saturated rings. The van der Waals surface area contributed by atoms with Crippen LogP contribution in [0.4, 0.5) is 5.82 Å². The predicted molar refractivity (Wildman–Crippen MR) is 115 cm³/mol. The Morgan fingerprint density at radius 2 is 1.94 bits per heavy atom. The third-order valence-electron chi connectivity index (χ3n) is 4.91. The first-order valence-electron chi connectivity index (χ1n) is 9.51. The number of carbonyl (C=O) groups excluding carboxylic acids is 1. The fourth-order valence-electron chi connectivity index (χ4n) is 3.51. The van der Waals surface area contributed by atoms with Gasteiger partial charge in [-0.3, -0.25) is 9.89 Å². The van der Waals surface area contributed by atoms with Crippen LogP contribution in [-0.2, 0) is 9.53 Å². The van der Waals surface area contributed by atoms with E-state index in [1.165, 1.54) is 6.92 Å². The molecule has 2 aromatic carbocycles. The smallest absolute Gasteiger partial charge is 0.308 e. The molecule has 1 atom stereocenters. The summed E-state index contributed by atoms with van der Waals surface area (Å²) in [4.78, 5) is 15.3. The molecule has 154 valence electrons. The van der Waals surface area contributed by atoms with E-state index in [1.807, 2.05) is 54.6 Å². The van der Waals surface area contributed by atoms with Crippen LogP contribution in [0.5, 0.6) is 5.75 Å². The molecule has 0 radical (unpaired) electrons. The average Bonchev–Trinajstić information content (AvgIpc) is 3.22. The van der Waals surface area contributed by atoms with Crippen LogP contribution in [0.25, 0.3) is 11.3 Å². The van der Waals surface area contributed by atoms with Crippen LogP contribution in [0.2, 0.25) is 0 Å². The third-order valence-corrected chi connectivity index (χ3v) is 4.91. The van der Waals surface area contributed by atoms with Gasteiger partial charge >= 0.3 is 5.97 Å². The van der Waals surface area contributed by atoms with Crippen LogP contribution in [-0.4, -0.2) is 29.7 Å². The van der Waals surface area contributed by atoms with Crippen molar-refractivity contribution < 1.29 is 14.3 Å². The number of esters is 1. The van der Waals surface area contributed by atoms with Crippen LogP contribution >= 0.6 is 0 Å². The van der Waals surface area contributed by atoms with Crippen LogP contribution in [0.3, 0.4) is 0 Å². The van der Waals surface area contributed by atoms with Gasteiger partial charge in [-0.1, -0.05) is 42.5 Å². The SMILES string of the molecule is COc1ccc(C2C(C#N)=C(/N=C/OC(C)=O)Nc3n[nH]c(-c4ccccc4)c32)cc1. The summed E-state index contributed by atoms with van der Waals surface area (Å²) in [5.41, 5.74) is 3.83. The van der Waals surface area contributed by atoms with Crippen LogP contribution in [0.1, 0.15) is 24.0 Å². The highest BCUT2D eigenvalue weighted by Gasteiger charge is 2.34. The molecule has 31 heavy (non-hydrogen) atoms. The van der Waals surface area contributed by atoms with Crippen molar-refractivity contribution in [1.29, 1.82) is 5.26 Å². The number of hydrogen-bond donors (Lipinski definition) is 2. The number of H-pyrrole nitrogens is 1. The van der Waals surface area contributed by atoms with Crippen molar-refractivity contribution in [2.24, 2.45) is 4.99 Å². The van der Waals surface area contributed by atoms with Gasteiger partial charge in [-0.05, 0) is 23.3 Å². The molecule has 0 spiro atoms. The molecular formula is C23H19N5O3. The Balaban J connectivity index is 1.89. The molecule has 3 aromatic rings. The second-order valence-corrected chi connectivity index (χ2v) is 6.78. The van der Waals surface area contributed by atoms with E-state index < -0.39 is 11.9 Å². The summed E-state index contributed by atoms with van der Waals surface area (Å²) >= 11 is 0. The molecule has 0 bridgehead atoms. The van der Waals surface area contributed by atoms with E-state index in [4.69, 9.17) is 9.47 Å². The summed E-state index contributed by atoms with van der Waals surface area (Å²) in [7, 11) is 1.60. The summed E-state index contributed by atoms with van der Waals surface area (Å²) in [6.45, 7) is 1.28. The van der Waals surface area contributed by atoms with Crippen molar-refractivity contribution in [2.45, 2.75) is 12.8 Å². The standard InChI is InChI=1S/C23H19N5O3/c1-14(29)31-13-25-22-18(12-24)19(15-8-10-17(30-2)11-9-15)20-21(27-28-23(20)26-22)16-6-4-3-5-7-16/h3-11,13,19H,1-2H3,(H2,26,27,28)/b25-13+. The molecule has 1 unspecified atom stereocenters. The van der Waals surface area contributed by atoms with Crippen molar-refractivity contribution in [3.05, 3.63) is 77.1 Å². The van der Waals surface area contributed by atoms with Gasteiger partial charge in [0.05, 0.1) is 30.4 Å². The van der Waals surface area contributed by atoms with Gasteiger partial charge in [-0.2, -0.15) is 10.4 Å². The maximum absolute atomic E-state index is 11.1. The molecule has 0 saturated heterocycles. The van der Waals surface area contributed by atoms with Gasteiger partial charge in [0.15, 0.2) is 12.2 Å². The summed E-state index contributed by atoms with van der Waals surface area (Å²) < 4.78 is 10.1. The molecule has 1 aliphatic rings. The van der Waals surface area contributed by atoms with Crippen LogP contribution in [0.15, 0.2) is 71.0 Å².